The fraction of sp³-hybridized carbons (Fsp3) is 0.632. The molecule has 1 heterocycles. The molecule has 0 N–H and O–H groups in total. The van der Waals surface area contributed by atoms with Crippen LogP contribution in [0.5, 0.6) is 0 Å². The highest BCUT2D eigenvalue weighted by Crippen LogP contribution is 2.23. The largest absolute Gasteiger partial charge is 0.444 e. The highest BCUT2D eigenvalue weighted by molar-refractivity contribution is 7.89. The number of ether oxygens (including phenoxy) is 1. The molecule has 0 aliphatic carbocycles. The predicted molar refractivity (Wildman–Crippen MR) is 102 cm³/mol. The van der Waals surface area contributed by atoms with E-state index in [9.17, 15) is 13.2 Å². The number of carbonyl (C=O) groups excluding carboxylic acids is 1. The fourth-order valence-corrected chi connectivity index (χ4v) is 4.22. The van der Waals surface area contributed by atoms with Crippen molar-refractivity contribution in [2.45, 2.75) is 51.0 Å². The van der Waals surface area contributed by atoms with E-state index in [1.54, 1.807) is 36.2 Å². The topological polar surface area (TPSA) is 66.9 Å². The monoisotopic (exact) mass is 382 g/mol. The number of carbonyl (C=O) groups is 1. The number of piperidine rings is 1. The summed E-state index contributed by atoms with van der Waals surface area (Å²) in [6, 6.07) is 6.90. The van der Waals surface area contributed by atoms with Crippen molar-refractivity contribution < 1.29 is 17.9 Å². The third-order valence-corrected chi connectivity index (χ3v) is 6.35. The summed E-state index contributed by atoms with van der Waals surface area (Å²) in [5, 5.41) is 0. The Bertz CT molecular complexity index is 715. The molecule has 0 aromatic heterocycles. The maximum Gasteiger partial charge on any atom is 0.410 e. The van der Waals surface area contributed by atoms with Gasteiger partial charge >= 0.3 is 6.09 Å². The van der Waals surface area contributed by atoms with Gasteiger partial charge in [-0.15, -0.1) is 0 Å². The van der Waals surface area contributed by atoms with Crippen LogP contribution in [0.4, 0.5) is 4.79 Å². The molecule has 26 heavy (non-hydrogen) atoms. The van der Waals surface area contributed by atoms with Crippen LogP contribution in [0.1, 0.15) is 39.2 Å². The van der Waals surface area contributed by atoms with E-state index >= 15 is 0 Å². The third-order valence-electron chi connectivity index (χ3n) is 4.51. The van der Waals surface area contributed by atoms with E-state index in [2.05, 4.69) is 0 Å². The van der Waals surface area contributed by atoms with E-state index in [4.69, 9.17) is 4.74 Å². The third kappa shape index (κ3) is 5.45. The zero-order valence-corrected chi connectivity index (χ0v) is 17.2. The molecule has 0 bridgehead atoms. The van der Waals surface area contributed by atoms with Gasteiger partial charge in [0.15, 0.2) is 0 Å². The lowest BCUT2D eigenvalue weighted by atomic mass is 9.97. The summed E-state index contributed by atoms with van der Waals surface area (Å²) in [6.07, 6.45) is 1.25. The minimum Gasteiger partial charge on any atom is -0.444 e. The lowest BCUT2D eigenvalue weighted by Crippen LogP contribution is -2.44. The van der Waals surface area contributed by atoms with Crippen molar-refractivity contribution >= 4 is 16.1 Å². The first-order valence-electron chi connectivity index (χ1n) is 9.00. The normalized spacial score (nSPS) is 16.8. The number of nitrogens with zero attached hydrogens (tertiary/aromatic N) is 2. The van der Waals surface area contributed by atoms with E-state index in [1.165, 1.54) is 4.31 Å². The molecule has 1 fully saturated rings. The van der Waals surface area contributed by atoms with Crippen LogP contribution in [0.3, 0.4) is 0 Å². The zero-order valence-electron chi connectivity index (χ0n) is 16.4. The molecule has 0 saturated carbocycles. The van der Waals surface area contributed by atoms with Gasteiger partial charge in [-0.3, -0.25) is 0 Å². The molecular weight excluding hydrogens is 352 g/mol. The number of amides is 1. The molecule has 146 valence electrons. The maximum atomic E-state index is 12.7. The van der Waals surface area contributed by atoms with Gasteiger partial charge in [-0.25, -0.2) is 17.5 Å². The zero-order chi connectivity index (χ0) is 19.5. The van der Waals surface area contributed by atoms with Crippen molar-refractivity contribution in [1.29, 1.82) is 0 Å². The van der Waals surface area contributed by atoms with Crippen molar-refractivity contribution in [3.63, 3.8) is 0 Å². The Hall–Kier alpha value is -1.60. The first-order chi connectivity index (χ1) is 12.0. The Kier molecular flexibility index (Phi) is 6.34. The second-order valence-electron chi connectivity index (χ2n) is 8.01. The van der Waals surface area contributed by atoms with Gasteiger partial charge in [0.1, 0.15) is 5.60 Å². The second kappa shape index (κ2) is 7.96. The van der Waals surface area contributed by atoms with Crippen LogP contribution < -0.4 is 0 Å². The summed E-state index contributed by atoms with van der Waals surface area (Å²) in [5.74, 6) is 0.235. The summed E-state index contributed by atoms with van der Waals surface area (Å²) in [4.78, 5) is 14.1. The predicted octanol–water partition coefficient (Wildman–Crippen LogP) is 3.26. The van der Waals surface area contributed by atoms with E-state index in [1.807, 2.05) is 27.7 Å². The number of sulfonamides is 1. The Morgan fingerprint density at radius 2 is 1.73 bits per heavy atom. The molecular formula is C19H30N2O4S. The van der Waals surface area contributed by atoms with Crippen molar-refractivity contribution in [3.8, 4) is 0 Å². The molecule has 0 spiro atoms. The number of likely N-dealkylation sites (tertiary alicyclic amines) is 1. The summed E-state index contributed by atoms with van der Waals surface area (Å²) < 4.78 is 32.2. The molecule has 6 nitrogen and oxygen atoms in total. The minimum atomic E-state index is -3.48. The lowest BCUT2D eigenvalue weighted by Gasteiger charge is -2.34. The van der Waals surface area contributed by atoms with Crippen LogP contribution in [0, 0.1) is 12.8 Å². The molecule has 0 radical (unpaired) electrons. The first-order valence-corrected chi connectivity index (χ1v) is 10.4. The number of hydrogen-bond acceptors (Lipinski definition) is 4. The van der Waals surface area contributed by atoms with Gasteiger partial charge in [0.2, 0.25) is 10.0 Å². The van der Waals surface area contributed by atoms with E-state index in [0.717, 1.165) is 18.4 Å². The fourth-order valence-electron chi connectivity index (χ4n) is 2.98. The minimum absolute atomic E-state index is 0.235. The molecule has 0 unspecified atom stereocenters. The van der Waals surface area contributed by atoms with Gasteiger partial charge in [0.05, 0.1) is 4.90 Å². The molecule has 1 saturated heterocycles. The first kappa shape index (κ1) is 20.7. The van der Waals surface area contributed by atoms with Gasteiger partial charge in [-0.05, 0) is 58.6 Å². The molecule has 1 aliphatic heterocycles. The van der Waals surface area contributed by atoms with Crippen LogP contribution in [0.2, 0.25) is 0 Å². The summed E-state index contributed by atoms with van der Waals surface area (Å²) in [5.41, 5.74) is 0.525. The number of aryl methyl sites for hydroxylation is 1. The van der Waals surface area contributed by atoms with Crippen LogP contribution in [0.25, 0.3) is 0 Å². The average Bonchev–Trinajstić information content (AvgIpc) is 2.54. The molecule has 1 aromatic carbocycles. The quantitative estimate of drug-likeness (QED) is 0.802. The maximum absolute atomic E-state index is 12.7. The van der Waals surface area contributed by atoms with E-state index in [-0.39, 0.29) is 12.0 Å². The molecule has 2 rings (SSSR count). The molecule has 1 aliphatic rings. The molecule has 7 heteroatoms. The van der Waals surface area contributed by atoms with Gasteiger partial charge in [0.25, 0.3) is 0 Å². The van der Waals surface area contributed by atoms with Crippen molar-refractivity contribution in [2.75, 3.05) is 26.7 Å². The summed E-state index contributed by atoms with van der Waals surface area (Å²) >= 11 is 0. The Morgan fingerprint density at radius 3 is 2.23 bits per heavy atom. The van der Waals surface area contributed by atoms with Gasteiger partial charge in [-0.1, -0.05) is 17.7 Å². The number of benzene rings is 1. The summed E-state index contributed by atoms with van der Waals surface area (Å²) in [7, 11) is -1.86. The van der Waals surface area contributed by atoms with E-state index in [0.29, 0.717) is 24.5 Å². The highest BCUT2D eigenvalue weighted by Gasteiger charge is 2.29. The van der Waals surface area contributed by atoms with E-state index < -0.39 is 15.6 Å². The van der Waals surface area contributed by atoms with Gasteiger partial charge in [0, 0.05) is 26.7 Å². The second-order valence-corrected chi connectivity index (χ2v) is 10.1. The number of rotatable bonds is 4. The van der Waals surface area contributed by atoms with Gasteiger partial charge in [-0.2, -0.15) is 0 Å². The molecule has 1 amide bonds. The van der Waals surface area contributed by atoms with Gasteiger partial charge < -0.3 is 9.64 Å². The Labute approximate surface area is 157 Å². The van der Waals surface area contributed by atoms with Crippen molar-refractivity contribution in [1.82, 2.24) is 9.21 Å². The Morgan fingerprint density at radius 1 is 1.19 bits per heavy atom. The SMILES string of the molecule is Cc1ccc(S(=O)(=O)N(C)CC2CCN(C(=O)OC(C)(C)C)CC2)cc1. The van der Waals surface area contributed by atoms with Crippen molar-refractivity contribution in [3.05, 3.63) is 29.8 Å². The van der Waals surface area contributed by atoms with Crippen molar-refractivity contribution in [2.24, 2.45) is 5.92 Å². The standard InChI is InChI=1S/C19H30N2O4S/c1-15-6-8-17(9-7-15)26(23,24)20(5)14-16-10-12-21(13-11-16)18(22)25-19(2,3)4/h6-9,16H,10-14H2,1-5H3. The molecule has 0 atom stereocenters. The van der Waals surface area contributed by atoms with Crippen LogP contribution >= 0.6 is 0 Å². The summed E-state index contributed by atoms with van der Waals surface area (Å²) in [6.45, 7) is 9.13. The van der Waals surface area contributed by atoms with Crippen LogP contribution in [-0.4, -0.2) is 56.0 Å². The average molecular weight is 383 g/mol. The molecule has 1 aromatic rings. The smallest absolute Gasteiger partial charge is 0.410 e. The lowest BCUT2D eigenvalue weighted by molar-refractivity contribution is 0.0179. The highest BCUT2D eigenvalue weighted by atomic mass is 32.2. The van der Waals surface area contributed by atoms with Crippen LogP contribution in [-0.2, 0) is 14.8 Å². The Balaban J connectivity index is 1.90. The van der Waals surface area contributed by atoms with Crippen LogP contribution in [0.15, 0.2) is 29.2 Å². The number of hydrogen-bond donors (Lipinski definition) is 0.